The zero-order chi connectivity index (χ0) is 30.0. The molecule has 7 nitrogen and oxygen atoms in total. The maximum absolute atomic E-state index is 14.2. The molecule has 0 unspecified atom stereocenters. The van der Waals surface area contributed by atoms with E-state index in [1.54, 1.807) is 18.2 Å². The van der Waals surface area contributed by atoms with Crippen molar-refractivity contribution in [3.63, 3.8) is 0 Å². The molecule has 0 spiro atoms. The molecular formula is C35H27BrN2O5. The highest BCUT2D eigenvalue weighted by atomic mass is 79.9. The minimum Gasteiger partial charge on any atom is -0.452 e. The van der Waals surface area contributed by atoms with Crippen LogP contribution in [-0.2, 0) is 19.1 Å². The molecule has 1 fully saturated rings. The van der Waals surface area contributed by atoms with Gasteiger partial charge in [0.05, 0.1) is 23.1 Å². The van der Waals surface area contributed by atoms with Gasteiger partial charge in [0, 0.05) is 22.0 Å². The van der Waals surface area contributed by atoms with Crippen LogP contribution < -0.4 is 10.2 Å². The van der Waals surface area contributed by atoms with Crippen LogP contribution in [0.5, 0.6) is 0 Å². The third-order valence-corrected chi connectivity index (χ3v) is 10.1. The molecule has 1 saturated heterocycles. The SMILES string of the molecule is Cc1cc(NC(=O)COC(=O)c2ccccc2N2C(=O)[C@H]3C4c5ccccc5C(c5ccccc54)[C@@H]3C2=O)cc(C)c1Br. The van der Waals surface area contributed by atoms with Crippen molar-refractivity contribution in [2.24, 2.45) is 11.8 Å². The first-order valence-electron chi connectivity index (χ1n) is 14.1. The lowest BCUT2D eigenvalue weighted by molar-refractivity contribution is -0.122. The molecule has 3 aliphatic carbocycles. The van der Waals surface area contributed by atoms with Crippen LogP contribution in [0.15, 0.2) is 89.4 Å². The topological polar surface area (TPSA) is 92.8 Å². The molecule has 43 heavy (non-hydrogen) atoms. The second-order valence-electron chi connectivity index (χ2n) is 11.3. The molecule has 0 radical (unpaired) electrons. The lowest BCUT2D eigenvalue weighted by Gasteiger charge is -2.45. The number of esters is 1. The lowest BCUT2D eigenvalue weighted by atomic mass is 9.55. The van der Waals surface area contributed by atoms with Gasteiger partial charge in [-0.2, -0.15) is 0 Å². The van der Waals surface area contributed by atoms with E-state index >= 15 is 0 Å². The Morgan fingerprint density at radius 1 is 0.767 bits per heavy atom. The number of hydrogen-bond acceptors (Lipinski definition) is 5. The maximum atomic E-state index is 14.2. The number of nitrogens with one attached hydrogen (secondary N) is 1. The lowest BCUT2D eigenvalue weighted by Crippen LogP contribution is -2.41. The van der Waals surface area contributed by atoms with E-state index in [9.17, 15) is 19.2 Å². The van der Waals surface area contributed by atoms with Crippen molar-refractivity contribution in [2.75, 3.05) is 16.8 Å². The van der Waals surface area contributed by atoms with Gasteiger partial charge in [0.15, 0.2) is 6.61 Å². The Morgan fingerprint density at radius 2 is 1.23 bits per heavy atom. The molecule has 2 bridgehead atoms. The van der Waals surface area contributed by atoms with Gasteiger partial charge in [0.25, 0.3) is 5.91 Å². The molecule has 4 aliphatic rings. The highest BCUT2D eigenvalue weighted by Crippen LogP contribution is 2.61. The molecular weight excluding hydrogens is 608 g/mol. The van der Waals surface area contributed by atoms with Crippen molar-refractivity contribution in [1.82, 2.24) is 0 Å². The maximum Gasteiger partial charge on any atom is 0.340 e. The Balaban J connectivity index is 1.16. The number of amides is 3. The van der Waals surface area contributed by atoms with Crippen LogP contribution >= 0.6 is 15.9 Å². The number of aryl methyl sites for hydroxylation is 2. The number of ether oxygens (including phenoxy) is 1. The Labute approximate surface area is 257 Å². The van der Waals surface area contributed by atoms with Crippen molar-refractivity contribution in [3.05, 3.63) is 128 Å². The number of benzene rings is 4. The Bertz CT molecular complexity index is 1730. The number of para-hydroxylation sites is 1. The summed E-state index contributed by atoms with van der Waals surface area (Å²) < 4.78 is 6.34. The zero-order valence-corrected chi connectivity index (χ0v) is 25.1. The molecule has 4 aromatic carbocycles. The Morgan fingerprint density at radius 3 is 1.74 bits per heavy atom. The number of rotatable bonds is 5. The third kappa shape index (κ3) is 4.23. The quantitative estimate of drug-likeness (QED) is 0.207. The fourth-order valence-corrected chi connectivity index (χ4v) is 7.41. The molecule has 1 N–H and O–H groups in total. The standard InChI is InChI=1S/C35H27BrN2O5/c1-18-15-20(16-19(2)32(18)36)37-27(39)17-43-35(42)25-13-7-8-14-26(25)38-33(40)30-28-21-9-3-4-10-22(21)29(31(30)34(38)41)24-12-6-5-11-23(24)28/h3-16,28-31H,17H2,1-2H3,(H,37,39)/t28?,29?,30-,31-/m0/s1. The first-order chi connectivity index (χ1) is 20.8. The zero-order valence-electron chi connectivity index (χ0n) is 23.5. The molecule has 2 atom stereocenters. The number of anilines is 2. The number of carbonyl (C=O) groups is 4. The third-order valence-electron chi connectivity index (χ3n) is 8.87. The van der Waals surface area contributed by atoms with E-state index in [1.165, 1.54) is 6.07 Å². The fraction of sp³-hybridized carbons (Fsp3) is 0.200. The summed E-state index contributed by atoms with van der Waals surface area (Å²) in [7, 11) is 0. The largest absolute Gasteiger partial charge is 0.452 e. The van der Waals surface area contributed by atoms with Gasteiger partial charge in [0.1, 0.15) is 0 Å². The predicted molar refractivity (Wildman–Crippen MR) is 165 cm³/mol. The van der Waals surface area contributed by atoms with E-state index in [1.807, 2.05) is 74.5 Å². The number of carbonyl (C=O) groups excluding carboxylic acids is 4. The minimum atomic E-state index is -0.793. The second kappa shape index (κ2) is 10.3. The van der Waals surface area contributed by atoms with E-state index in [-0.39, 0.29) is 34.9 Å². The van der Waals surface area contributed by atoms with Crippen molar-refractivity contribution in [3.8, 4) is 0 Å². The van der Waals surface area contributed by atoms with Gasteiger partial charge in [-0.1, -0.05) is 76.6 Å². The van der Waals surface area contributed by atoms with Crippen LogP contribution in [0.25, 0.3) is 0 Å². The summed E-state index contributed by atoms with van der Waals surface area (Å²) in [4.78, 5) is 55.4. The number of hydrogen-bond donors (Lipinski definition) is 1. The molecule has 1 heterocycles. The average molecular weight is 636 g/mol. The summed E-state index contributed by atoms with van der Waals surface area (Å²) in [6.07, 6.45) is 0. The smallest absolute Gasteiger partial charge is 0.340 e. The number of nitrogens with zero attached hydrogens (tertiary/aromatic N) is 1. The van der Waals surface area contributed by atoms with Gasteiger partial charge in [-0.05, 0) is 71.5 Å². The fourth-order valence-electron chi connectivity index (χ4n) is 7.18. The summed E-state index contributed by atoms with van der Waals surface area (Å²) in [5, 5.41) is 2.75. The highest BCUT2D eigenvalue weighted by molar-refractivity contribution is 9.10. The summed E-state index contributed by atoms with van der Waals surface area (Å²) >= 11 is 3.51. The normalized spacial score (nSPS) is 21.2. The molecule has 4 aromatic rings. The van der Waals surface area contributed by atoms with Crippen LogP contribution in [0.3, 0.4) is 0 Å². The van der Waals surface area contributed by atoms with E-state index in [2.05, 4.69) is 21.2 Å². The molecule has 8 rings (SSSR count). The van der Waals surface area contributed by atoms with Gasteiger partial charge >= 0.3 is 5.97 Å². The number of halogens is 1. The average Bonchev–Trinajstić information content (AvgIpc) is 3.28. The first-order valence-corrected chi connectivity index (χ1v) is 14.9. The van der Waals surface area contributed by atoms with Gasteiger partial charge in [-0.25, -0.2) is 9.69 Å². The van der Waals surface area contributed by atoms with Crippen LogP contribution in [-0.4, -0.2) is 30.3 Å². The highest BCUT2D eigenvalue weighted by Gasteiger charge is 2.62. The molecule has 8 heteroatoms. The summed E-state index contributed by atoms with van der Waals surface area (Å²) in [6, 6.07) is 26.1. The monoisotopic (exact) mass is 634 g/mol. The van der Waals surface area contributed by atoms with Gasteiger partial charge in [-0.3, -0.25) is 14.4 Å². The summed E-state index contributed by atoms with van der Waals surface area (Å²) in [5.41, 5.74) is 7.03. The van der Waals surface area contributed by atoms with E-state index < -0.39 is 30.3 Å². The van der Waals surface area contributed by atoms with Gasteiger partial charge in [0.2, 0.25) is 11.8 Å². The Hall–Kier alpha value is -4.56. The van der Waals surface area contributed by atoms with Crippen molar-refractivity contribution in [1.29, 1.82) is 0 Å². The van der Waals surface area contributed by atoms with Crippen LogP contribution in [0.2, 0.25) is 0 Å². The van der Waals surface area contributed by atoms with Crippen molar-refractivity contribution in [2.45, 2.75) is 25.7 Å². The van der Waals surface area contributed by atoms with Gasteiger partial charge in [-0.15, -0.1) is 0 Å². The van der Waals surface area contributed by atoms with E-state index in [4.69, 9.17) is 4.74 Å². The summed E-state index contributed by atoms with van der Waals surface area (Å²) in [5.74, 6) is -3.60. The second-order valence-corrected chi connectivity index (χ2v) is 12.1. The van der Waals surface area contributed by atoms with Crippen LogP contribution in [0.4, 0.5) is 11.4 Å². The molecule has 3 amide bonds. The Kier molecular flexibility index (Phi) is 6.54. The molecule has 0 aromatic heterocycles. The molecule has 1 aliphatic heterocycles. The summed E-state index contributed by atoms with van der Waals surface area (Å²) in [6.45, 7) is 3.32. The van der Waals surface area contributed by atoms with Gasteiger partial charge < -0.3 is 10.1 Å². The molecule has 214 valence electrons. The first kappa shape index (κ1) is 27.3. The predicted octanol–water partition coefficient (Wildman–Crippen LogP) is 6.26. The van der Waals surface area contributed by atoms with E-state index in [0.717, 1.165) is 42.8 Å². The minimum absolute atomic E-state index is 0.0494. The van der Waals surface area contributed by atoms with Crippen molar-refractivity contribution >= 4 is 51.0 Å². The van der Waals surface area contributed by atoms with E-state index in [0.29, 0.717) is 5.69 Å². The van der Waals surface area contributed by atoms with Crippen LogP contribution in [0, 0.1) is 25.7 Å². The van der Waals surface area contributed by atoms with Crippen LogP contribution in [0.1, 0.15) is 55.6 Å². The molecule has 0 saturated carbocycles. The number of imide groups is 1. The van der Waals surface area contributed by atoms with Crippen molar-refractivity contribution < 1.29 is 23.9 Å².